The molecule has 1 fully saturated rings. The second-order valence-corrected chi connectivity index (χ2v) is 6.99. The molecule has 0 spiro atoms. The minimum atomic E-state index is 0.447. The van der Waals surface area contributed by atoms with E-state index in [2.05, 4.69) is 39.9 Å². The lowest BCUT2D eigenvalue weighted by Crippen LogP contribution is -2.18. The molecule has 2 atom stereocenters. The van der Waals surface area contributed by atoms with Crippen molar-refractivity contribution in [2.45, 2.75) is 59.4 Å². The molecule has 1 aliphatic rings. The lowest BCUT2D eigenvalue weighted by Gasteiger charge is -2.11. The number of aryl methyl sites for hydroxylation is 1. The van der Waals surface area contributed by atoms with Crippen molar-refractivity contribution in [3.05, 3.63) is 15.6 Å². The van der Waals surface area contributed by atoms with Crippen LogP contribution in [0.25, 0.3) is 0 Å². The summed E-state index contributed by atoms with van der Waals surface area (Å²) >= 11 is 1.92. The molecule has 3 heteroatoms. The molecule has 0 amide bonds. The predicted octanol–water partition coefficient (Wildman–Crippen LogP) is 4.03. The van der Waals surface area contributed by atoms with E-state index in [1.54, 1.807) is 0 Å². The van der Waals surface area contributed by atoms with Crippen molar-refractivity contribution in [2.75, 3.05) is 6.54 Å². The lowest BCUT2D eigenvalue weighted by molar-refractivity contribution is 0.575. The van der Waals surface area contributed by atoms with E-state index in [9.17, 15) is 0 Å². The van der Waals surface area contributed by atoms with E-state index < -0.39 is 0 Å². The van der Waals surface area contributed by atoms with Crippen molar-refractivity contribution in [3.8, 4) is 0 Å². The third-order valence-corrected chi connectivity index (χ3v) is 5.21. The summed E-state index contributed by atoms with van der Waals surface area (Å²) in [5.41, 5.74) is 1.71. The van der Waals surface area contributed by atoms with Crippen molar-refractivity contribution in [1.82, 2.24) is 10.3 Å². The fraction of sp³-hybridized carbons (Fsp3) is 0.786. The van der Waals surface area contributed by atoms with Crippen LogP contribution in [0.15, 0.2) is 0 Å². The molecule has 1 N–H and O–H groups in total. The fourth-order valence-corrected chi connectivity index (χ4v) is 3.73. The van der Waals surface area contributed by atoms with Gasteiger partial charge in [-0.15, -0.1) is 11.3 Å². The van der Waals surface area contributed by atoms with Gasteiger partial charge in [-0.1, -0.05) is 20.8 Å². The molecule has 0 aromatic carbocycles. The summed E-state index contributed by atoms with van der Waals surface area (Å²) in [5.74, 6) is 0.707. The van der Waals surface area contributed by atoms with Crippen LogP contribution in [-0.4, -0.2) is 11.5 Å². The van der Waals surface area contributed by atoms with Gasteiger partial charge < -0.3 is 5.32 Å². The molecular formula is C14H24N2S. The standard InChI is InChI=1S/C14H24N2S/c1-6-7-15-9(2)12-10(3)16-13(17-12)11-8-14(11,4)5/h9,11,15H,6-8H2,1-5H3. The van der Waals surface area contributed by atoms with E-state index in [0.717, 1.165) is 6.54 Å². The molecule has 0 aliphatic heterocycles. The number of aromatic nitrogens is 1. The smallest absolute Gasteiger partial charge is 0.0968 e. The van der Waals surface area contributed by atoms with Crippen LogP contribution in [0.5, 0.6) is 0 Å². The van der Waals surface area contributed by atoms with Gasteiger partial charge in [0, 0.05) is 16.8 Å². The first-order valence-corrected chi connectivity index (χ1v) is 7.48. The molecular weight excluding hydrogens is 228 g/mol. The van der Waals surface area contributed by atoms with Crippen LogP contribution in [0.4, 0.5) is 0 Å². The Bertz CT molecular complexity index is 395. The zero-order chi connectivity index (χ0) is 12.6. The van der Waals surface area contributed by atoms with Gasteiger partial charge in [0.2, 0.25) is 0 Å². The highest BCUT2D eigenvalue weighted by Crippen LogP contribution is 2.59. The normalized spacial score (nSPS) is 23.7. The third kappa shape index (κ3) is 2.71. The summed E-state index contributed by atoms with van der Waals surface area (Å²) in [6, 6.07) is 0.447. The maximum Gasteiger partial charge on any atom is 0.0968 e. The SMILES string of the molecule is CCCNC(C)c1sc(C2CC2(C)C)nc1C. The van der Waals surface area contributed by atoms with Crippen molar-refractivity contribution in [2.24, 2.45) is 5.41 Å². The Labute approximate surface area is 109 Å². The molecule has 1 aromatic heterocycles. The summed E-state index contributed by atoms with van der Waals surface area (Å²) < 4.78 is 0. The van der Waals surface area contributed by atoms with Gasteiger partial charge in [-0.2, -0.15) is 0 Å². The number of rotatable bonds is 5. The molecule has 0 bridgehead atoms. The molecule has 96 valence electrons. The van der Waals surface area contributed by atoms with Crippen LogP contribution in [0.2, 0.25) is 0 Å². The Morgan fingerprint density at radius 3 is 2.71 bits per heavy atom. The number of thiazole rings is 1. The highest BCUT2D eigenvalue weighted by Gasteiger charge is 2.48. The monoisotopic (exact) mass is 252 g/mol. The summed E-state index contributed by atoms with van der Waals surface area (Å²) in [6.07, 6.45) is 2.49. The Balaban J connectivity index is 2.09. The van der Waals surface area contributed by atoms with E-state index in [-0.39, 0.29) is 0 Å². The van der Waals surface area contributed by atoms with Crippen LogP contribution in [0.1, 0.15) is 68.1 Å². The number of hydrogen-bond donors (Lipinski definition) is 1. The fourth-order valence-electron chi connectivity index (χ4n) is 2.32. The zero-order valence-electron chi connectivity index (χ0n) is 11.6. The highest BCUT2D eigenvalue weighted by atomic mass is 32.1. The maximum atomic E-state index is 4.78. The van der Waals surface area contributed by atoms with Crippen molar-refractivity contribution in [1.29, 1.82) is 0 Å². The van der Waals surface area contributed by atoms with Gasteiger partial charge in [0.05, 0.1) is 10.7 Å². The molecule has 2 nitrogen and oxygen atoms in total. The van der Waals surface area contributed by atoms with Crippen LogP contribution in [0.3, 0.4) is 0 Å². The molecule has 0 radical (unpaired) electrons. The Hall–Kier alpha value is -0.410. The molecule has 1 heterocycles. The predicted molar refractivity (Wildman–Crippen MR) is 74.7 cm³/mol. The molecule has 1 saturated carbocycles. The average Bonchev–Trinajstić information content (AvgIpc) is 2.71. The van der Waals surface area contributed by atoms with E-state index in [1.807, 2.05) is 11.3 Å². The molecule has 2 unspecified atom stereocenters. The Kier molecular flexibility index (Phi) is 3.60. The number of hydrogen-bond acceptors (Lipinski definition) is 3. The summed E-state index contributed by atoms with van der Waals surface area (Å²) in [6.45, 7) is 12.4. The molecule has 0 saturated heterocycles. The van der Waals surface area contributed by atoms with Gasteiger partial charge in [0.15, 0.2) is 0 Å². The highest BCUT2D eigenvalue weighted by molar-refractivity contribution is 7.12. The third-order valence-electron chi connectivity index (χ3n) is 3.75. The van der Waals surface area contributed by atoms with Gasteiger partial charge in [0.1, 0.15) is 0 Å². The van der Waals surface area contributed by atoms with E-state index in [0.29, 0.717) is 17.4 Å². The van der Waals surface area contributed by atoms with Gasteiger partial charge in [-0.3, -0.25) is 0 Å². The second-order valence-electron chi connectivity index (χ2n) is 5.92. The van der Waals surface area contributed by atoms with E-state index in [4.69, 9.17) is 4.98 Å². The first-order chi connectivity index (χ1) is 7.95. The Morgan fingerprint density at radius 2 is 2.18 bits per heavy atom. The average molecular weight is 252 g/mol. The van der Waals surface area contributed by atoms with Gasteiger partial charge in [0.25, 0.3) is 0 Å². The first kappa shape index (κ1) is 13.0. The quantitative estimate of drug-likeness (QED) is 0.856. The van der Waals surface area contributed by atoms with Crippen LogP contribution >= 0.6 is 11.3 Å². The summed E-state index contributed by atoms with van der Waals surface area (Å²) in [4.78, 5) is 6.20. The molecule has 17 heavy (non-hydrogen) atoms. The summed E-state index contributed by atoms with van der Waals surface area (Å²) in [7, 11) is 0. The maximum absolute atomic E-state index is 4.78. The zero-order valence-corrected chi connectivity index (χ0v) is 12.4. The largest absolute Gasteiger partial charge is 0.309 e. The van der Waals surface area contributed by atoms with Gasteiger partial charge >= 0.3 is 0 Å². The first-order valence-electron chi connectivity index (χ1n) is 6.66. The second kappa shape index (κ2) is 4.69. The molecule has 1 aliphatic carbocycles. The van der Waals surface area contributed by atoms with Crippen molar-refractivity contribution >= 4 is 11.3 Å². The van der Waals surface area contributed by atoms with Crippen molar-refractivity contribution < 1.29 is 0 Å². The Morgan fingerprint density at radius 1 is 1.53 bits per heavy atom. The van der Waals surface area contributed by atoms with E-state index >= 15 is 0 Å². The van der Waals surface area contributed by atoms with Crippen molar-refractivity contribution in [3.63, 3.8) is 0 Å². The minimum Gasteiger partial charge on any atom is -0.309 e. The van der Waals surface area contributed by atoms with E-state index in [1.165, 1.54) is 28.4 Å². The summed E-state index contributed by atoms with van der Waals surface area (Å²) in [5, 5.41) is 4.91. The topological polar surface area (TPSA) is 24.9 Å². The molecule has 1 aromatic rings. The van der Waals surface area contributed by atoms with Crippen LogP contribution in [0, 0.1) is 12.3 Å². The minimum absolute atomic E-state index is 0.447. The van der Waals surface area contributed by atoms with Crippen LogP contribution < -0.4 is 5.32 Å². The van der Waals surface area contributed by atoms with Crippen LogP contribution in [-0.2, 0) is 0 Å². The number of nitrogens with one attached hydrogen (secondary N) is 1. The van der Waals surface area contributed by atoms with Gasteiger partial charge in [-0.05, 0) is 38.6 Å². The van der Waals surface area contributed by atoms with Gasteiger partial charge in [-0.25, -0.2) is 4.98 Å². The molecule has 2 rings (SSSR count). The lowest BCUT2D eigenvalue weighted by atomic mass is 10.1. The number of nitrogens with zero attached hydrogens (tertiary/aromatic N) is 1.